The number of aromatic hydroxyl groups is 1. The van der Waals surface area contributed by atoms with E-state index in [-0.39, 0.29) is 28.3 Å². The van der Waals surface area contributed by atoms with Gasteiger partial charge >= 0.3 is 0 Å². The number of fused-ring (bicyclic) bond motifs is 1. The maximum atomic E-state index is 13.4. The summed E-state index contributed by atoms with van der Waals surface area (Å²) in [5, 5.41) is 10.9. The molecule has 0 amide bonds. The summed E-state index contributed by atoms with van der Waals surface area (Å²) >= 11 is 0. The van der Waals surface area contributed by atoms with E-state index in [2.05, 4.69) is 37.2 Å². The molecule has 5 heteroatoms. The van der Waals surface area contributed by atoms with Crippen LogP contribution in [0.1, 0.15) is 38.1 Å². The van der Waals surface area contributed by atoms with Crippen molar-refractivity contribution in [2.45, 2.75) is 34.2 Å². The Kier molecular flexibility index (Phi) is 4.35. The number of ketones is 1. The zero-order chi connectivity index (χ0) is 19.4. The second kappa shape index (κ2) is 6.35. The first-order chi connectivity index (χ1) is 12.7. The van der Waals surface area contributed by atoms with E-state index in [9.17, 15) is 9.90 Å². The second-order valence-electron chi connectivity index (χ2n) is 9.13. The molecule has 0 radical (unpaired) electrons. The molecule has 2 aromatic rings. The van der Waals surface area contributed by atoms with E-state index in [1.807, 2.05) is 12.3 Å². The Hall–Kier alpha value is -1.85. The van der Waals surface area contributed by atoms with Gasteiger partial charge in [0.15, 0.2) is 5.78 Å². The molecule has 2 fully saturated rings. The van der Waals surface area contributed by atoms with Gasteiger partial charge in [-0.1, -0.05) is 27.7 Å². The van der Waals surface area contributed by atoms with Gasteiger partial charge in [-0.2, -0.15) is 0 Å². The summed E-state index contributed by atoms with van der Waals surface area (Å²) in [4.78, 5) is 15.8. The lowest BCUT2D eigenvalue weighted by Gasteiger charge is -2.26. The lowest BCUT2D eigenvalue weighted by Crippen LogP contribution is -2.38. The van der Waals surface area contributed by atoms with Crippen molar-refractivity contribution in [2.75, 3.05) is 32.8 Å². The van der Waals surface area contributed by atoms with Crippen molar-refractivity contribution in [3.05, 3.63) is 30.0 Å². The van der Waals surface area contributed by atoms with Gasteiger partial charge in [-0.25, -0.2) is 0 Å². The van der Waals surface area contributed by atoms with Gasteiger partial charge in [0.1, 0.15) is 5.75 Å². The lowest BCUT2D eigenvalue weighted by atomic mass is 10.0. The number of phenolic OH excluding ortho intramolecular Hbond substituents is 1. The predicted molar refractivity (Wildman–Crippen MR) is 106 cm³/mol. The molecule has 1 N–H and O–H groups in total. The fraction of sp³-hybridized carbons (Fsp3) is 0.591. The largest absolute Gasteiger partial charge is 0.508 e. The number of Topliss-reactive ketones (excluding diaryl/α,β-unsaturated/α-hetero) is 1. The topological polar surface area (TPSA) is 54.7 Å². The fourth-order valence-corrected chi connectivity index (χ4v) is 4.75. The Morgan fingerprint density at radius 1 is 1.15 bits per heavy atom. The summed E-state index contributed by atoms with van der Waals surface area (Å²) in [5.41, 5.74) is 1.76. The molecular formula is C22H30N2O3. The number of benzene rings is 1. The van der Waals surface area contributed by atoms with E-state index in [0.717, 1.165) is 55.9 Å². The molecule has 27 heavy (non-hydrogen) atoms. The molecule has 1 aliphatic carbocycles. The van der Waals surface area contributed by atoms with Gasteiger partial charge in [-0.05, 0) is 29.0 Å². The number of phenols is 1. The first-order valence-corrected chi connectivity index (χ1v) is 9.89. The van der Waals surface area contributed by atoms with Crippen LogP contribution < -0.4 is 0 Å². The summed E-state index contributed by atoms with van der Waals surface area (Å²) in [6.45, 7) is 13.9. The monoisotopic (exact) mass is 370 g/mol. The Morgan fingerprint density at radius 2 is 1.81 bits per heavy atom. The van der Waals surface area contributed by atoms with E-state index < -0.39 is 0 Å². The average molecular weight is 370 g/mol. The Morgan fingerprint density at radius 3 is 2.44 bits per heavy atom. The van der Waals surface area contributed by atoms with Crippen LogP contribution in [-0.2, 0) is 11.3 Å². The van der Waals surface area contributed by atoms with Crippen LogP contribution in [0, 0.1) is 16.7 Å². The summed E-state index contributed by atoms with van der Waals surface area (Å²) in [6.07, 6.45) is 2.00. The first kappa shape index (κ1) is 18.5. The smallest absolute Gasteiger partial charge is 0.169 e. The van der Waals surface area contributed by atoms with E-state index in [1.165, 1.54) is 0 Å². The molecule has 5 nitrogen and oxygen atoms in total. The molecule has 1 aromatic heterocycles. The average Bonchev–Trinajstić information content (AvgIpc) is 2.90. The molecule has 0 spiro atoms. The van der Waals surface area contributed by atoms with Crippen molar-refractivity contribution in [1.82, 2.24) is 9.47 Å². The van der Waals surface area contributed by atoms with Gasteiger partial charge in [-0.15, -0.1) is 0 Å². The summed E-state index contributed by atoms with van der Waals surface area (Å²) < 4.78 is 7.59. The van der Waals surface area contributed by atoms with Gasteiger partial charge in [0.2, 0.25) is 0 Å². The van der Waals surface area contributed by atoms with Gasteiger partial charge < -0.3 is 14.4 Å². The SMILES string of the molecule is CC1(C)C(C(=O)c2cn(CCN3CCOCC3)c3ccc(O)cc23)C1(C)C. The number of carbonyl (C=O) groups is 1. The Balaban J connectivity index is 1.65. The molecular weight excluding hydrogens is 340 g/mol. The van der Waals surface area contributed by atoms with Crippen LogP contribution in [-0.4, -0.2) is 53.2 Å². The highest BCUT2D eigenvalue weighted by Gasteiger charge is 2.68. The minimum atomic E-state index is 0.00311. The highest BCUT2D eigenvalue weighted by molar-refractivity contribution is 6.11. The minimum absolute atomic E-state index is 0.00311. The zero-order valence-electron chi connectivity index (χ0n) is 16.8. The Bertz CT molecular complexity index is 861. The van der Waals surface area contributed by atoms with E-state index in [1.54, 1.807) is 12.1 Å². The van der Waals surface area contributed by atoms with Crippen LogP contribution >= 0.6 is 0 Å². The number of hydrogen-bond donors (Lipinski definition) is 1. The fourth-order valence-electron chi connectivity index (χ4n) is 4.75. The third-order valence-electron chi connectivity index (χ3n) is 7.17. The molecule has 4 rings (SSSR count). The summed E-state index contributed by atoms with van der Waals surface area (Å²) in [6, 6.07) is 5.35. The highest BCUT2D eigenvalue weighted by atomic mass is 16.5. The number of morpholine rings is 1. The van der Waals surface area contributed by atoms with Crippen LogP contribution in [0.4, 0.5) is 0 Å². The van der Waals surface area contributed by atoms with Crippen LogP contribution in [0.3, 0.4) is 0 Å². The zero-order valence-corrected chi connectivity index (χ0v) is 16.8. The second-order valence-corrected chi connectivity index (χ2v) is 9.13. The molecule has 1 saturated carbocycles. The first-order valence-electron chi connectivity index (χ1n) is 9.89. The summed E-state index contributed by atoms with van der Waals surface area (Å²) in [5.74, 6) is 0.424. The molecule has 0 unspecified atom stereocenters. The molecule has 146 valence electrons. The van der Waals surface area contributed by atoms with Gasteiger partial charge in [0.25, 0.3) is 0 Å². The lowest BCUT2D eigenvalue weighted by molar-refractivity contribution is 0.0365. The number of hydrogen-bond acceptors (Lipinski definition) is 4. The molecule has 2 aliphatic rings. The van der Waals surface area contributed by atoms with Crippen molar-refractivity contribution in [2.24, 2.45) is 16.7 Å². The van der Waals surface area contributed by atoms with E-state index in [0.29, 0.717) is 0 Å². The number of ether oxygens (including phenoxy) is 1. The van der Waals surface area contributed by atoms with E-state index in [4.69, 9.17) is 4.74 Å². The maximum absolute atomic E-state index is 13.4. The molecule has 2 heterocycles. The number of nitrogens with zero attached hydrogens (tertiary/aromatic N) is 2. The van der Waals surface area contributed by atoms with Crippen molar-refractivity contribution < 1.29 is 14.6 Å². The normalized spacial score (nSPS) is 22.2. The quantitative estimate of drug-likeness (QED) is 0.818. The van der Waals surface area contributed by atoms with Gasteiger partial charge in [0.05, 0.1) is 13.2 Å². The molecule has 1 aliphatic heterocycles. The van der Waals surface area contributed by atoms with Crippen LogP contribution in [0.5, 0.6) is 5.75 Å². The van der Waals surface area contributed by atoms with Gasteiger partial charge in [-0.3, -0.25) is 9.69 Å². The van der Waals surface area contributed by atoms with Crippen molar-refractivity contribution in [1.29, 1.82) is 0 Å². The molecule has 1 aromatic carbocycles. The minimum Gasteiger partial charge on any atom is -0.508 e. The van der Waals surface area contributed by atoms with Crippen molar-refractivity contribution >= 4 is 16.7 Å². The predicted octanol–water partition coefficient (Wildman–Crippen LogP) is 3.54. The van der Waals surface area contributed by atoms with E-state index >= 15 is 0 Å². The number of aromatic nitrogens is 1. The number of carbonyl (C=O) groups excluding carboxylic acids is 1. The third-order valence-corrected chi connectivity index (χ3v) is 7.17. The van der Waals surface area contributed by atoms with Gasteiger partial charge in [0, 0.05) is 54.8 Å². The third kappa shape index (κ3) is 2.97. The standard InChI is InChI=1S/C22H30N2O3/c1-21(2)20(22(21,3)4)19(26)17-14-24(8-7-23-9-11-27-12-10-23)18-6-5-15(25)13-16(17)18/h5-6,13-14,20,25H,7-12H2,1-4H3. The van der Waals surface area contributed by atoms with Crippen LogP contribution in [0.25, 0.3) is 10.9 Å². The number of rotatable bonds is 5. The van der Waals surface area contributed by atoms with Crippen LogP contribution in [0.15, 0.2) is 24.4 Å². The molecule has 0 bridgehead atoms. The highest BCUT2D eigenvalue weighted by Crippen LogP contribution is 2.69. The van der Waals surface area contributed by atoms with Crippen molar-refractivity contribution in [3.63, 3.8) is 0 Å². The van der Waals surface area contributed by atoms with Crippen LogP contribution in [0.2, 0.25) is 0 Å². The Labute approximate surface area is 160 Å². The van der Waals surface area contributed by atoms with Crippen molar-refractivity contribution in [3.8, 4) is 5.75 Å². The maximum Gasteiger partial charge on any atom is 0.169 e. The summed E-state index contributed by atoms with van der Waals surface area (Å²) in [7, 11) is 0. The molecule has 0 atom stereocenters. The molecule has 1 saturated heterocycles.